The van der Waals surface area contributed by atoms with Crippen LogP contribution in [0.25, 0.3) is 52.8 Å². The van der Waals surface area contributed by atoms with E-state index in [9.17, 15) is 0 Å². The van der Waals surface area contributed by atoms with Crippen molar-refractivity contribution in [1.29, 1.82) is 0 Å². The number of fused-ring (bicyclic) bond motifs is 5. The Hall–Kier alpha value is -6.60. The second-order valence-corrected chi connectivity index (χ2v) is 16.1. The number of thiophene rings is 1. The molecule has 0 saturated carbocycles. The molecule has 1 saturated heterocycles. The SMILES string of the molecule is c1ccc(C2NC(c3ccccc3)NC(c3cccc4sc5cc(-c6ccccc6N(c6ccc7ccccc7c6)c6cccc7ccccc67)ccc5c34)N2)cc1. The molecule has 2 unspecified atom stereocenters. The zero-order valence-corrected chi connectivity index (χ0v) is 32.5. The van der Waals surface area contributed by atoms with Gasteiger partial charge in [0.05, 0.1) is 29.9 Å². The lowest BCUT2D eigenvalue weighted by Gasteiger charge is -2.40. The van der Waals surface area contributed by atoms with Gasteiger partial charge in [0.1, 0.15) is 0 Å². The van der Waals surface area contributed by atoms with Gasteiger partial charge in [0.2, 0.25) is 0 Å². The maximum absolute atomic E-state index is 3.92. The Morgan fingerprint density at radius 3 is 1.81 bits per heavy atom. The number of anilines is 3. The van der Waals surface area contributed by atoms with E-state index in [0.29, 0.717) is 0 Å². The van der Waals surface area contributed by atoms with Crippen LogP contribution in [-0.2, 0) is 0 Å². The maximum atomic E-state index is 3.92. The highest BCUT2D eigenvalue weighted by Crippen LogP contribution is 2.46. The molecule has 10 aromatic rings. The van der Waals surface area contributed by atoms with Gasteiger partial charge in [-0.3, -0.25) is 16.0 Å². The first kappa shape index (κ1) is 34.6. The van der Waals surface area contributed by atoms with E-state index in [0.717, 1.165) is 17.1 Å². The van der Waals surface area contributed by atoms with E-state index < -0.39 is 0 Å². The molecule has 1 fully saturated rings. The molecule has 3 N–H and O–H groups in total. The summed E-state index contributed by atoms with van der Waals surface area (Å²) in [7, 11) is 0. The summed E-state index contributed by atoms with van der Waals surface area (Å²) in [4.78, 5) is 2.44. The molecule has 5 heteroatoms. The van der Waals surface area contributed by atoms with E-state index >= 15 is 0 Å². The first-order valence-corrected chi connectivity index (χ1v) is 20.8. The van der Waals surface area contributed by atoms with Crippen LogP contribution in [0.15, 0.2) is 206 Å². The minimum atomic E-state index is -0.0882. The molecule has 1 aliphatic rings. The molecule has 1 aromatic heterocycles. The standard InChI is InChI=1S/C53H40N4S/c1-3-17-37(18-4-1)51-54-52(38-19-5-2-6-20-38)56-53(55-51)45-25-14-28-48-50(45)44-32-30-40(34-49(44)58-48)43-24-11-12-26-46(43)57(41-31-29-35-15-7-8-21-39(35)33-41)47-27-13-22-36-16-9-10-23-42(36)47/h1-34,51-56H. The second kappa shape index (κ2) is 14.7. The Bertz CT molecular complexity index is 3030. The van der Waals surface area contributed by atoms with Crippen LogP contribution in [0, 0.1) is 0 Å². The van der Waals surface area contributed by atoms with Crippen LogP contribution in [0.3, 0.4) is 0 Å². The van der Waals surface area contributed by atoms with Crippen molar-refractivity contribution in [3.63, 3.8) is 0 Å². The normalized spacial score (nSPS) is 16.9. The summed E-state index contributed by atoms with van der Waals surface area (Å²) in [5.74, 6) is 0. The lowest BCUT2D eigenvalue weighted by molar-refractivity contribution is 0.204. The van der Waals surface area contributed by atoms with E-state index in [1.807, 2.05) is 11.3 Å². The fourth-order valence-corrected chi connectivity index (χ4v) is 9.98. The number of nitrogens with one attached hydrogen (secondary N) is 3. The highest BCUT2D eigenvalue weighted by atomic mass is 32.1. The largest absolute Gasteiger partial charge is 0.309 e. The van der Waals surface area contributed by atoms with Gasteiger partial charge in [-0.2, -0.15) is 0 Å². The molecule has 278 valence electrons. The molecule has 0 amide bonds. The molecular weight excluding hydrogens is 725 g/mol. The molecule has 0 bridgehead atoms. The van der Waals surface area contributed by atoms with Crippen molar-refractivity contribution in [1.82, 2.24) is 16.0 Å². The van der Waals surface area contributed by atoms with Gasteiger partial charge in [0.15, 0.2) is 0 Å². The summed E-state index contributed by atoms with van der Waals surface area (Å²) in [6.45, 7) is 0. The van der Waals surface area contributed by atoms with Gasteiger partial charge < -0.3 is 4.90 Å². The van der Waals surface area contributed by atoms with Crippen LogP contribution in [0.4, 0.5) is 17.1 Å². The third-order valence-electron chi connectivity index (χ3n) is 11.6. The van der Waals surface area contributed by atoms with Crippen molar-refractivity contribution < 1.29 is 0 Å². The summed E-state index contributed by atoms with van der Waals surface area (Å²) in [5.41, 5.74) is 9.45. The smallest absolute Gasteiger partial charge is 0.0871 e. The second-order valence-electron chi connectivity index (χ2n) is 15.0. The van der Waals surface area contributed by atoms with Crippen molar-refractivity contribution in [3.05, 3.63) is 223 Å². The highest BCUT2D eigenvalue weighted by Gasteiger charge is 2.31. The molecule has 9 aromatic carbocycles. The van der Waals surface area contributed by atoms with Crippen molar-refractivity contribution in [2.75, 3.05) is 4.90 Å². The van der Waals surface area contributed by atoms with Crippen LogP contribution in [0.1, 0.15) is 35.2 Å². The average Bonchev–Trinajstić information content (AvgIpc) is 3.68. The van der Waals surface area contributed by atoms with Gasteiger partial charge in [-0.05, 0) is 74.8 Å². The lowest BCUT2D eigenvalue weighted by Crippen LogP contribution is -2.54. The molecule has 11 rings (SSSR count). The summed E-state index contributed by atoms with van der Waals surface area (Å²) < 4.78 is 2.55. The van der Waals surface area contributed by atoms with Crippen LogP contribution < -0.4 is 20.9 Å². The molecule has 2 heterocycles. The summed E-state index contributed by atoms with van der Waals surface area (Å²) in [5, 5.41) is 19.1. The molecule has 4 nitrogen and oxygen atoms in total. The van der Waals surface area contributed by atoms with E-state index in [4.69, 9.17) is 0 Å². The molecule has 0 aliphatic carbocycles. The van der Waals surface area contributed by atoms with Crippen molar-refractivity contribution in [2.45, 2.75) is 18.5 Å². The molecule has 0 radical (unpaired) electrons. The zero-order valence-electron chi connectivity index (χ0n) is 31.7. The van der Waals surface area contributed by atoms with E-state index in [-0.39, 0.29) is 18.5 Å². The van der Waals surface area contributed by atoms with Gasteiger partial charge in [0.25, 0.3) is 0 Å². The Morgan fingerprint density at radius 2 is 1.02 bits per heavy atom. The van der Waals surface area contributed by atoms with E-state index in [1.54, 1.807) is 0 Å². The predicted octanol–water partition coefficient (Wildman–Crippen LogP) is 13.7. The molecule has 58 heavy (non-hydrogen) atoms. The Balaban J connectivity index is 1.03. The van der Waals surface area contributed by atoms with Gasteiger partial charge >= 0.3 is 0 Å². The number of nitrogens with zero attached hydrogens (tertiary/aromatic N) is 1. The Kier molecular flexibility index (Phi) is 8.79. The quantitative estimate of drug-likeness (QED) is 0.151. The van der Waals surface area contributed by atoms with Crippen LogP contribution in [0.2, 0.25) is 0 Å². The number of hydrogen-bond acceptors (Lipinski definition) is 5. The van der Waals surface area contributed by atoms with Crippen LogP contribution in [-0.4, -0.2) is 0 Å². The van der Waals surface area contributed by atoms with Crippen molar-refractivity contribution >= 4 is 70.1 Å². The third kappa shape index (κ3) is 6.22. The number of hydrogen-bond donors (Lipinski definition) is 3. The maximum Gasteiger partial charge on any atom is 0.0871 e. The molecule has 0 spiro atoms. The van der Waals surface area contributed by atoms with Crippen LogP contribution >= 0.6 is 11.3 Å². The number of para-hydroxylation sites is 1. The van der Waals surface area contributed by atoms with Gasteiger partial charge in [0, 0.05) is 36.8 Å². The lowest BCUT2D eigenvalue weighted by atomic mass is 9.97. The first-order valence-electron chi connectivity index (χ1n) is 19.9. The summed E-state index contributed by atoms with van der Waals surface area (Å²) >= 11 is 1.87. The third-order valence-corrected chi connectivity index (χ3v) is 12.7. The first-order chi connectivity index (χ1) is 28.7. The minimum absolute atomic E-state index is 0.0341. The van der Waals surface area contributed by atoms with Gasteiger partial charge in [-0.25, -0.2) is 0 Å². The topological polar surface area (TPSA) is 39.3 Å². The summed E-state index contributed by atoms with van der Waals surface area (Å²) in [6, 6.07) is 74.7. The van der Waals surface area contributed by atoms with E-state index in [1.165, 1.54) is 69.5 Å². The minimum Gasteiger partial charge on any atom is -0.309 e. The Morgan fingerprint density at radius 1 is 0.397 bits per heavy atom. The monoisotopic (exact) mass is 764 g/mol. The highest BCUT2D eigenvalue weighted by molar-refractivity contribution is 7.25. The van der Waals surface area contributed by atoms with Gasteiger partial charge in [-0.1, -0.05) is 170 Å². The number of benzene rings is 9. The zero-order chi connectivity index (χ0) is 38.4. The van der Waals surface area contributed by atoms with Crippen LogP contribution in [0.5, 0.6) is 0 Å². The van der Waals surface area contributed by atoms with Crippen molar-refractivity contribution in [3.8, 4) is 11.1 Å². The van der Waals surface area contributed by atoms with Gasteiger partial charge in [-0.15, -0.1) is 11.3 Å². The number of rotatable bonds is 7. The molecule has 1 aliphatic heterocycles. The van der Waals surface area contributed by atoms with Crippen molar-refractivity contribution in [2.24, 2.45) is 0 Å². The summed E-state index contributed by atoms with van der Waals surface area (Å²) in [6.07, 6.45) is -0.156. The fourth-order valence-electron chi connectivity index (χ4n) is 8.80. The molecular formula is C53H40N4S. The fraction of sp³-hybridized carbons (Fsp3) is 0.0566. The molecule has 2 atom stereocenters. The average molecular weight is 765 g/mol. The van der Waals surface area contributed by atoms with E-state index in [2.05, 4.69) is 227 Å². The predicted molar refractivity (Wildman–Crippen MR) is 245 cm³/mol. The Labute approximate surface area is 342 Å².